The van der Waals surface area contributed by atoms with Crippen molar-refractivity contribution < 1.29 is 10.2 Å². The van der Waals surface area contributed by atoms with E-state index in [1.807, 2.05) is 0 Å². The van der Waals surface area contributed by atoms with Crippen LogP contribution in [-0.4, -0.2) is 22.4 Å². The zero-order valence-corrected chi connectivity index (χ0v) is 21.2. The lowest BCUT2D eigenvalue weighted by molar-refractivity contribution is -0.0802. The van der Waals surface area contributed by atoms with Crippen LogP contribution in [0.3, 0.4) is 0 Å². The minimum absolute atomic E-state index is 0.109. The molecule has 31 heavy (non-hydrogen) atoms. The van der Waals surface area contributed by atoms with E-state index in [1.54, 1.807) is 0 Å². The van der Waals surface area contributed by atoms with Crippen molar-refractivity contribution in [2.24, 2.45) is 52.3 Å². The summed E-state index contributed by atoms with van der Waals surface area (Å²) >= 11 is 0. The highest BCUT2D eigenvalue weighted by atomic mass is 16.3. The highest BCUT2D eigenvalue weighted by molar-refractivity contribution is 5.29. The zero-order chi connectivity index (χ0) is 22.6. The van der Waals surface area contributed by atoms with E-state index in [0.717, 1.165) is 54.8 Å². The molecule has 0 saturated heterocycles. The molecule has 3 unspecified atom stereocenters. The van der Waals surface area contributed by atoms with E-state index in [1.165, 1.54) is 50.5 Å². The zero-order valence-electron chi connectivity index (χ0n) is 21.2. The lowest BCUT2D eigenvalue weighted by atomic mass is 9.46. The smallest absolute Gasteiger partial charge is 0.101 e. The molecule has 3 fully saturated rings. The Morgan fingerprint density at radius 1 is 0.968 bits per heavy atom. The molecule has 0 heterocycles. The van der Waals surface area contributed by atoms with Gasteiger partial charge in [0, 0.05) is 0 Å². The fourth-order valence-electron chi connectivity index (χ4n) is 9.38. The van der Waals surface area contributed by atoms with Gasteiger partial charge in [0.05, 0.1) is 6.10 Å². The first-order valence-corrected chi connectivity index (χ1v) is 13.7. The van der Waals surface area contributed by atoms with Gasteiger partial charge in [0.25, 0.3) is 0 Å². The second kappa shape index (κ2) is 8.79. The molecule has 2 heteroatoms. The number of rotatable bonds is 6. The van der Waals surface area contributed by atoms with E-state index in [0.29, 0.717) is 11.3 Å². The number of hydrogen-bond acceptors (Lipinski definition) is 2. The molecule has 0 spiro atoms. The third kappa shape index (κ3) is 3.86. The minimum Gasteiger partial charge on any atom is -0.390 e. The Kier molecular flexibility index (Phi) is 6.75. The van der Waals surface area contributed by atoms with Crippen molar-refractivity contribution in [2.75, 3.05) is 0 Å². The van der Waals surface area contributed by atoms with Crippen molar-refractivity contribution in [1.82, 2.24) is 0 Å². The normalized spacial score (nSPS) is 46.7. The van der Waals surface area contributed by atoms with E-state index < -0.39 is 12.2 Å². The van der Waals surface area contributed by atoms with Crippen LogP contribution in [0.5, 0.6) is 0 Å². The van der Waals surface area contributed by atoms with E-state index >= 15 is 0 Å². The summed E-state index contributed by atoms with van der Waals surface area (Å²) in [5.74, 6) is 5.77. The average molecular weight is 431 g/mol. The molecule has 2 nitrogen and oxygen atoms in total. The van der Waals surface area contributed by atoms with Gasteiger partial charge < -0.3 is 10.2 Å². The average Bonchev–Trinajstić information content (AvgIpc) is 3.08. The number of aliphatic hydroxyl groups is 2. The Bertz CT molecular complexity index is 668. The van der Waals surface area contributed by atoms with Crippen molar-refractivity contribution in [1.29, 1.82) is 0 Å². The molecule has 0 aromatic heterocycles. The summed E-state index contributed by atoms with van der Waals surface area (Å²) in [6.07, 6.45) is 13.8. The predicted molar refractivity (Wildman–Crippen MR) is 130 cm³/mol. The Labute approximate surface area is 192 Å². The number of fused-ring (bicyclic) bond motifs is 5. The maximum Gasteiger partial charge on any atom is 0.101 e. The third-order valence-electron chi connectivity index (χ3n) is 11.4. The predicted octanol–water partition coefficient (Wildman–Crippen LogP) is 7.00. The van der Waals surface area contributed by atoms with Crippen LogP contribution in [0.15, 0.2) is 11.6 Å². The molecule has 0 aromatic carbocycles. The number of hydrogen-bond donors (Lipinski definition) is 2. The molecule has 2 N–H and O–H groups in total. The lowest BCUT2D eigenvalue weighted by Crippen LogP contribution is -2.53. The summed E-state index contributed by atoms with van der Waals surface area (Å²) in [4.78, 5) is 0. The van der Waals surface area contributed by atoms with Crippen LogP contribution in [-0.2, 0) is 0 Å². The monoisotopic (exact) mass is 430 g/mol. The fourth-order valence-corrected chi connectivity index (χ4v) is 9.38. The van der Waals surface area contributed by atoms with E-state index in [-0.39, 0.29) is 5.41 Å². The first-order valence-electron chi connectivity index (χ1n) is 13.7. The maximum absolute atomic E-state index is 10.7. The summed E-state index contributed by atoms with van der Waals surface area (Å²) in [7, 11) is 0. The van der Waals surface area contributed by atoms with Gasteiger partial charge in [0.1, 0.15) is 6.10 Å². The molecule has 0 radical (unpaired) electrons. The maximum atomic E-state index is 10.7. The molecule has 178 valence electrons. The largest absolute Gasteiger partial charge is 0.390 e. The van der Waals surface area contributed by atoms with E-state index in [4.69, 9.17) is 0 Å². The van der Waals surface area contributed by atoms with Gasteiger partial charge in [-0.15, -0.1) is 0 Å². The summed E-state index contributed by atoms with van der Waals surface area (Å²) in [5, 5.41) is 21.0. The molecule has 10 atom stereocenters. The van der Waals surface area contributed by atoms with Gasteiger partial charge in [0.15, 0.2) is 0 Å². The van der Waals surface area contributed by atoms with Gasteiger partial charge in [-0.25, -0.2) is 0 Å². The minimum atomic E-state index is -0.628. The SMILES string of the molecule is CCC(CC[C@@H](C)[C@H]1CC[C@H]2[C@@H]3CC=C4C(O)C(O)CC[C@]4(C)[C@H]3CC[C@]12C)C(C)C. The molecule has 4 aliphatic carbocycles. The van der Waals surface area contributed by atoms with Crippen LogP contribution in [0.2, 0.25) is 0 Å². The van der Waals surface area contributed by atoms with Gasteiger partial charge in [-0.2, -0.15) is 0 Å². The van der Waals surface area contributed by atoms with Gasteiger partial charge >= 0.3 is 0 Å². The van der Waals surface area contributed by atoms with Crippen LogP contribution >= 0.6 is 0 Å². The van der Waals surface area contributed by atoms with Crippen molar-refractivity contribution in [3.05, 3.63) is 11.6 Å². The molecule has 0 amide bonds. The summed E-state index contributed by atoms with van der Waals surface area (Å²) in [6, 6.07) is 0. The Morgan fingerprint density at radius 2 is 1.71 bits per heavy atom. The standard InChI is InChI=1S/C29H50O2/c1-7-20(18(2)3)9-8-19(4)22-12-13-23-21-10-11-25-27(31)26(30)15-17-29(25,6)24(21)14-16-28(22,23)5/h11,18-24,26-27,30-31H,7-10,12-17H2,1-6H3/t19-,20?,21+,22-,23+,24+,26?,27?,28-,29-/m1/s1. The first kappa shape index (κ1) is 23.8. The van der Waals surface area contributed by atoms with Crippen molar-refractivity contribution in [3.63, 3.8) is 0 Å². The third-order valence-corrected chi connectivity index (χ3v) is 11.4. The molecule has 4 rings (SSSR count). The molecule has 3 saturated carbocycles. The molecule has 4 aliphatic rings. The Morgan fingerprint density at radius 3 is 2.39 bits per heavy atom. The highest BCUT2D eigenvalue weighted by Gasteiger charge is 2.60. The van der Waals surface area contributed by atoms with E-state index in [2.05, 4.69) is 47.6 Å². The Hall–Kier alpha value is -0.340. The first-order chi connectivity index (χ1) is 14.6. The van der Waals surface area contributed by atoms with Crippen molar-refractivity contribution in [2.45, 2.75) is 118 Å². The number of aliphatic hydroxyl groups excluding tert-OH is 2. The van der Waals surface area contributed by atoms with Crippen LogP contribution in [0.25, 0.3) is 0 Å². The van der Waals surface area contributed by atoms with Crippen LogP contribution in [0.1, 0.15) is 106 Å². The molecular weight excluding hydrogens is 380 g/mol. The van der Waals surface area contributed by atoms with Crippen molar-refractivity contribution in [3.8, 4) is 0 Å². The summed E-state index contributed by atoms with van der Waals surface area (Å²) in [6.45, 7) is 14.8. The van der Waals surface area contributed by atoms with Crippen molar-refractivity contribution >= 4 is 0 Å². The van der Waals surface area contributed by atoms with Crippen LogP contribution in [0.4, 0.5) is 0 Å². The quantitative estimate of drug-likeness (QED) is 0.446. The highest BCUT2D eigenvalue weighted by Crippen LogP contribution is 2.67. The molecule has 0 aliphatic heterocycles. The van der Waals surface area contributed by atoms with E-state index in [9.17, 15) is 10.2 Å². The Balaban J connectivity index is 1.49. The lowest BCUT2D eigenvalue weighted by Gasteiger charge is -2.59. The van der Waals surface area contributed by atoms with Gasteiger partial charge in [-0.05, 0) is 109 Å². The second-order valence-corrected chi connectivity index (χ2v) is 12.9. The van der Waals surface area contributed by atoms with Gasteiger partial charge in [-0.1, -0.05) is 60.5 Å². The van der Waals surface area contributed by atoms with Crippen LogP contribution < -0.4 is 0 Å². The van der Waals surface area contributed by atoms with Crippen LogP contribution in [0, 0.1) is 52.3 Å². The number of allylic oxidation sites excluding steroid dienone is 1. The topological polar surface area (TPSA) is 40.5 Å². The molecule has 0 bridgehead atoms. The molecular formula is C29H50O2. The van der Waals surface area contributed by atoms with Gasteiger partial charge in [0.2, 0.25) is 0 Å². The van der Waals surface area contributed by atoms with Gasteiger partial charge in [-0.3, -0.25) is 0 Å². The molecule has 0 aromatic rings. The fraction of sp³-hybridized carbons (Fsp3) is 0.931. The second-order valence-electron chi connectivity index (χ2n) is 12.9. The summed E-state index contributed by atoms with van der Waals surface area (Å²) in [5.41, 5.74) is 1.80. The summed E-state index contributed by atoms with van der Waals surface area (Å²) < 4.78 is 0.